The maximum absolute atomic E-state index is 10.3. The second-order valence-electron chi connectivity index (χ2n) is 3.14. The Morgan fingerprint density at radius 3 is 3.07 bits per heavy atom. The SMILES string of the molecule is Cc1nnn2cc(/C=C/C(=O)O)ccc12. The van der Waals surface area contributed by atoms with Crippen molar-refractivity contribution in [1.29, 1.82) is 0 Å². The average molecular weight is 203 g/mol. The van der Waals surface area contributed by atoms with Gasteiger partial charge in [-0.05, 0) is 24.6 Å². The van der Waals surface area contributed by atoms with Crippen molar-refractivity contribution in [3.63, 3.8) is 0 Å². The molecule has 5 nitrogen and oxygen atoms in total. The fourth-order valence-electron chi connectivity index (χ4n) is 1.30. The Bertz CT molecular complexity index is 543. The number of fused-ring (bicyclic) bond motifs is 1. The van der Waals surface area contributed by atoms with Crippen molar-refractivity contribution in [1.82, 2.24) is 14.8 Å². The van der Waals surface area contributed by atoms with Gasteiger partial charge in [-0.1, -0.05) is 11.3 Å². The van der Waals surface area contributed by atoms with Gasteiger partial charge in [-0.25, -0.2) is 9.31 Å². The van der Waals surface area contributed by atoms with Crippen molar-refractivity contribution in [2.75, 3.05) is 0 Å². The number of carbonyl (C=O) groups is 1. The maximum Gasteiger partial charge on any atom is 0.328 e. The highest BCUT2D eigenvalue weighted by Crippen LogP contribution is 2.09. The van der Waals surface area contributed by atoms with Gasteiger partial charge in [-0.15, -0.1) is 5.10 Å². The number of pyridine rings is 1. The molecule has 15 heavy (non-hydrogen) atoms. The first-order valence-electron chi connectivity index (χ1n) is 4.39. The molecule has 0 saturated carbocycles. The van der Waals surface area contributed by atoms with Crippen molar-refractivity contribution in [3.05, 3.63) is 35.7 Å². The molecule has 0 aliphatic heterocycles. The topological polar surface area (TPSA) is 67.5 Å². The van der Waals surface area contributed by atoms with E-state index >= 15 is 0 Å². The van der Waals surface area contributed by atoms with Crippen LogP contribution in [0.5, 0.6) is 0 Å². The van der Waals surface area contributed by atoms with Gasteiger partial charge in [0.15, 0.2) is 0 Å². The molecule has 0 atom stereocenters. The van der Waals surface area contributed by atoms with E-state index in [1.807, 2.05) is 19.1 Å². The fraction of sp³-hybridized carbons (Fsp3) is 0.100. The summed E-state index contributed by atoms with van der Waals surface area (Å²) in [5.74, 6) is -0.968. The summed E-state index contributed by atoms with van der Waals surface area (Å²) in [6.45, 7) is 1.87. The van der Waals surface area contributed by atoms with Crippen LogP contribution in [0.2, 0.25) is 0 Å². The van der Waals surface area contributed by atoms with Gasteiger partial charge >= 0.3 is 5.97 Å². The van der Waals surface area contributed by atoms with Crippen LogP contribution in [0.3, 0.4) is 0 Å². The van der Waals surface area contributed by atoms with Crippen LogP contribution in [-0.4, -0.2) is 25.9 Å². The molecular formula is C10H9N3O2. The van der Waals surface area contributed by atoms with Gasteiger partial charge in [0.1, 0.15) is 0 Å². The minimum atomic E-state index is -0.968. The number of hydrogen-bond donors (Lipinski definition) is 1. The Balaban J connectivity index is 2.43. The number of hydrogen-bond acceptors (Lipinski definition) is 3. The van der Waals surface area contributed by atoms with Gasteiger partial charge in [0, 0.05) is 12.3 Å². The molecule has 0 aromatic carbocycles. The molecule has 0 bridgehead atoms. The molecule has 0 aliphatic carbocycles. The van der Waals surface area contributed by atoms with Crippen LogP contribution >= 0.6 is 0 Å². The van der Waals surface area contributed by atoms with Crippen LogP contribution < -0.4 is 0 Å². The summed E-state index contributed by atoms with van der Waals surface area (Å²) in [6.07, 6.45) is 4.33. The average Bonchev–Trinajstić information content (AvgIpc) is 2.57. The van der Waals surface area contributed by atoms with Gasteiger partial charge in [-0.3, -0.25) is 0 Å². The lowest BCUT2D eigenvalue weighted by molar-refractivity contribution is -0.131. The normalized spacial score (nSPS) is 11.3. The first-order valence-corrected chi connectivity index (χ1v) is 4.39. The van der Waals surface area contributed by atoms with Gasteiger partial charge < -0.3 is 5.11 Å². The standard InChI is InChI=1S/C10H9N3O2/c1-7-9-4-2-8(3-5-10(14)15)6-13(9)12-11-7/h2-6H,1H3,(H,14,15)/b5-3+. The van der Waals surface area contributed by atoms with Crippen LogP contribution in [0.1, 0.15) is 11.3 Å². The third-order valence-corrected chi connectivity index (χ3v) is 2.03. The first-order chi connectivity index (χ1) is 7.16. The summed E-state index contributed by atoms with van der Waals surface area (Å²) >= 11 is 0. The van der Waals surface area contributed by atoms with Gasteiger partial charge in [0.05, 0.1) is 11.2 Å². The van der Waals surface area contributed by atoms with E-state index in [-0.39, 0.29) is 0 Å². The van der Waals surface area contributed by atoms with Crippen molar-refractivity contribution >= 4 is 17.6 Å². The smallest absolute Gasteiger partial charge is 0.328 e. The largest absolute Gasteiger partial charge is 0.478 e. The molecule has 0 unspecified atom stereocenters. The minimum absolute atomic E-state index is 0.773. The highest BCUT2D eigenvalue weighted by molar-refractivity contribution is 5.85. The molecule has 2 heterocycles. The number of rotatable bonds is 2. The second-order valence-corrected chi connectivity index (χ2v) is 3.14. The molecule has 0 amide bonds. The third kappa shape index (κ3) is 1.85. The Kier molecular flexibility index (Phi) is 2.21. The van der Waals surface area contributed by atoms with Crippen molar-refractivity contribution < 1.29 is 9.90 Å². The van der Waals surface area contributed by atoms with Crippen molar-refractivity contribution in [2.24, 2.45) is 0 Å². The van der Waals surface area contributed by atoms with Crippen LogP contribution in [-0.2, 0) is 4.79 Å². The number of carboxylic acids is 1. The van der Waals surface area contributed by atoms with Gasteiger partial charge in [0.2, 0.25) is 0 Å². The Hall–Kier alpha value is -2.17. The van der Waals surface area contributed by atoms with Gasteiger partial charge in [0.25, 0.3) is 0 Å². The van der Waals surface area contributed by atoms with Crippen LogP contribution in [0, 0.1) is 6.92 Å². The lowest BCUT2D eigenvalue weighted by Crippen LogP contribution is -1.89. The molecule has 0 spiro atoms. The Labute approximate surface area is 85.7 Å². The number of aromatic nitrogens is 3. The molecule has 1 N–H and O–H groups in total. The first kappa shape index (κ1) is 9.39. The quantitative estimate of drug-likeness (QED) is 0.743. The van der Waals surface area contributed by atoms with Crippen molar-refractivity contribution in [2.45, 2.75) is 6.92 Å². The van der Waals surface area contributed by atoms with E-state index < -0.39 is 5.97 Å². The maximum atomic E-state index is 10.3. The number of aryl methyl sites for hydroxylation is 1. The zero-order valence-corrected chi connectivity index (χ0v) is 8.08. The number of carboxylic acid groups (broad SMARTS) is 1. The highest BCUT2D eigenvalue weighted by atomic mass is 16.4. The molecule has 0 fully saturated rings. The van der Waals surface area contributed by atoms with E-state index in [4.69, 9.17) is 5.11 Å². The third-order valence-electron chi connectivity index (χ3n) is 2.03. The molecule has 0 aliphatic rings. The van der Waals surface area contributed by atoms with Crippen LogP contribution in [0.25, 0.3) is 11.6 Å². The van der Waals surface area contributed by atoms with E-state index in [1.165, 1.54) is 6.08 Å². The van der Waals surface area contributed by atoms with E-state index in [1.54, 1.807) is 10.7 Å². The summed E-state index contributed by atoms with van der Waals surface area (Å²) in [7, 11) is 0. The lowest BCUT2D eigenvalue weighted by Gasteiger charge is -1.94. The highest BCUT2D eigenvalue weighted by Gasteiger charge is 2.00. The predicted molar refractivity (Wildman–Crippen MR) is 54.4 cm³/mol. The fourth-order valence-corrected chi connectivity index (χ4v) is 1.30. The zero-order valence-electron chi connectivity index (χ0n) is 8.08. The van der Waals surface area contributed by atoms with Crippen LogP contribution in [0.15, 0.2) is 24.4 Å². The molecular weight excluding hydrogens is 194 g/mol. The molecule has 0 saturated heterocycles. The summed E-state index contributed by atoms with van der Waals surface area (Å²) in [5.41, 5.74) is 2.54. The molecule has 2 aromatic heterocycles. The number of nitrogens with zero attached hydrogens (tertiary/aromatic N) is 3. The van der Waals surface area contributed by atoms with E-state index in [2.05, 4.69) is 10.3 Å². The predicted octanol–water partition coefficient (Wildman–Crippen LogP) is 1.14. The Morgan fingerprint density at radius 1 is 1.53 bits per heavy atom. The molecule has 5 heteroatoms. The minimum Gasteiger partial charge on any atom is -0.478 e. The lowest BCUT2D eigenvalue weighted by atomic mass is 10.2. The molecule has 76 valence electrons. The Morgan fingerprint density at radius 2 is 2.33 bits per heavy atom. The zero-order chi connectivity index (χ0) is 10.8. The molecule has 0 radical (unpaired) electrons. The summed E-state index contributed by atoms with van der Waals surface area (Å²) in [5, 5.41) is 16.3. The van der Waals surface area contributed by atoms with E-state index in [0.29, 0.717) is 0 Å². The molecule has 2 aromatic rings. The molecule has 2 rings (SSSR count). The van der Waals surface area contributed by atoms with Gasteiger partial charge in [-0.2, -0.15) is 0 Å². The van der Waals surface area contributed by atoms with Crippen LogP contribution in [0.4, 0.5) is 0 Å². The second kappa shape index (κ2) is 3.53. The monoisotopic (exact) mass is 203 g/mol. The van der Waals surface area contributed by atoms with E-state index in [0.717, 1.165) is 22.9 Å². The van der Waals surface area contributed by atoms with Crippen molar-refractivity contribution in [3.8, 4) is 0 Å². The summed E-state index contributed by atoms with van der Waals surface area (Å²) in [6, 6.07) is 3.68. The summed E-state index contributed by atoms with van der Waals surface area (Å²) < 4.78 is 1.62. The number of aliphatic carboxylic acids is 1. The summed E-state index contributed by atoms with van der Waals surface area (Å²) in [4.78, 5) is 10.3. The van der Waals surface area contributed by atoms with E-state index in [9.17, 15) is 4.79 Å².